The quantitative estimate of drug-likeness (QED) is 0.379. The first kappa shape index (κ1) is 21.5. The minimum atomic E-state index is -0.600. The van der Waals surface area contributed by atoms with Crippen LogP contribution in [0.15, 0.2) is 42.5 Å². The third-order valence-electron chi connectivity index (χ3n) is 4.00. The third-order valence-corrected chi connectivity index (χ3v) is 4.32. The van der Waals surface area contributed by atoms with E-state index in [0.717, 1.165) is 5.75 Å². The van der Waals surface area contributed by atoms with Crippen molar-refractivity contribution in [2.24, 2.45) is 0 Å². The minimum absolute atomic E-state index is 0.0173. The Hall–Kier alpha value is -2.80. The molecule has 7 nitrogen and oxygen atoms in total. The molecule has 0 bridgehead atoms. The van der Waals surface area contributed by atoms with E-state index in [1.165, 1.54) is 23.8 Å². The zero-order valence-corrected chi connectivity index (χ0v) is 16.9. The van der Waals surface area contributed by atoms with E-state index in [1.807, 2.05) is 24.3 Å². The second-order valence-corrected chi connectivity index (χ2v) is 7.69. The van der Waals surface area contributed by atoms with Crippen molar-refractivity contribution in [2.75, 3.05) is 18.5 Å². The van der Waals surface area contributed by atoms with Gasteiger partial charge in [-0.15, -0.1) is 0 Å². The fourth-order valence-electron chi connectivity index (χ4n) is 2.42. The van der Waals surface area contributed by atoms with Gasteiger partial charge in [-0.2, -0.15) is 0 Å². The van der Waals surface area contributed by atoms with E-state index in [0.29, 0.717) is 25.3 Å². The summed E-state index contributed by atoms with van der Waals surface area (Å²) < 4.78 is 5.67. The van der Waals surface area contributed by atoms with Gasteiger partial charge in [0.05, 0.1) is 11.5 Å². The molecule has 0 aliphatic heterocycles. The molecule has 0 heterocycles. The highest BCUT2D eigenvalue weighted by atomic mass is 35.5. The molecule has 0 aliphatic carbocycles. The minimum Gasteiger partial charge on any atom is -0.494 e. The summed E-state index contributed by atoms with van der Waals surface area (Å²) in [7, 11) is 0. The van der Waals surface area contributed by atoms with Gasteiger partial charge < -0.3 is 15.4 Å². The van der Waals surface area contributed by atoms with Gasteiger partial charge in [0.2, 0.25) is 0 Å². The fraction of sp³-hybridized carbons (Fsp3) is 0.350. The number of carbonyl (C=O) groups is 1. The molecule has 0 aliphatic rings. The standard InChI is InChI=1S/C20H24ClN3O4/c1-20(2,3)14-5-8-16(9-6-14)28-12-4-11-22-19(25)23-15-7-10-17(21)18(13-15)24(26)27/h5-10,13H,4,11-12H2,1-3H3,(H2,22,23,25). The van der Waals surface area contributed by atoms with Crippen LogP contribution < -0.4 is 15.4 Å². The lowest BCUT2D eigenvalue weighted by atomic mass is 9.87. The SMILES string of the molecule is CC(C)(C)c1ccc(OCCCNC(=O)Nc2ccc(Cl)c([N+](=O)[O-])c2)cc1. The highest BCUT2D eigenvalue weighted by molar-refractivity contribution is 6.32. The number of amides is 2. The molecule has 0 atom stereocenters. The maximum Gasteiger partial charge on any atom is 0.319 e. The van der Waals surface area contributed by atoms with Crippen LogP contribution >= 0.6 is 11.6 Å². The second-order valence-electron chi connectivity index (χ2n) is 7.28. The molecule has 2 aromatic carbocycles. The number of anilines is 1. The number of nitrogens with zero attached hydrogens (tertiary/aromatic N) is 1. The van der Waals surface area contributed by atoms with Crippen molar-refractivity contribution in [2.45, 2.75) is 32.6 Å². The summed E-state index contributed by atoms with van der Waals surface area (Å²) in [6.07, 6.45) is 0.620. The molecule has 0 radical (unpaired) electrons. The molecule has 150 valence electrons. The first-order valence-corrected chi connectivity index (χ1v) is 9.27. The summed E-state index contributed by atoms with van der Waals surface area (Å²) in [5.74, 6) is 0.783. The van der Waals surface area contributed by atoms with Gasteiger partial charge in [-0.1, -0.05) is 44.5 Å². The summed E-state index contributed by atoms with van der Waals surface area (Å²) in [6, 6.07) is 11.6. The van der Waals surface area contributed by atoms with Crippen molar-refractivity contribution in [3.05, 3.63) is 63.2 Å². The van der Waals surface area contributed by atoms with Crippen LogP contribution in [0.4, 0.5) is 16.2 Å². The molecule has 0 saturated heterocycles. The van der Waals surface area contributed by atoms with Crippen molar-refractivity contribution < 1.29 is 14.5 Å². The Kier molecular flexibility index (Phi) is 7.23. The van der Waals surface area contributed by atoms with E-state index in [-0.39, 0.29) is 16.1 Å². The van der Waals surface area contributed by atoms with E-state index in [9.17, 15) is 14.9 Å². The second kappa shape index (κ2) is 9.41. The normalized spacial score (nSPS) is 11.0. The third kappa shape index (κ3) is 6.42. The molecule has 2 aromatic rings. The van der Waals surface area contributed by atoms with Gasteiger partial charge in [0.1, 0.15) is 10.8 Å². The van der Waals surface area contributed by atoms with Crippen LogP contribution in [0.5, 0.6) is 5.75 Å². The van der Waals surface area contributed by atoms with Crippen molar-refractivity contribution in [3.63, 3.8) is 0 Å². The molecule has 0 aromatic heterocycles. The molecule has 0 spiro atoms. The number of nitro benzene ring substituents is 1. The topological polar surface area (TPSA) is 93.5 Å². The number of ether oxygens (including phenoxy) is 1. The molecule has 0 fully saturated rings. The summed E-state index contributed by atoms with van der Waals surface area (Å²) in [4.78, 5) is 22.1. The molecule has 0 saturated carbocycles. The van der Waals surface area contributed by atoms with Crippen molar-refractivity contribution in [1.29, 1.82) is 0 Å². The first-order chi connectivity index (χ1) is 13.2. The van der Waals surface area contributed by atoms with Crippen molar-refractivity contribution in [1.82, 2.24) is 5.32 Å². The largest absolute Gasteiger partial charge is 0.494 e. The van der Waals surface area contributed by atoms with Crippen LogP contribution in [-0.4, -0.2) is 24.1 Å². The number of halogens is 1. The molecule has 2 rings (SSSR count). The predicted octanol–water partition coefficient (Wildman–Crippen LogP) is 5.14. The van der Waals surface area contributed by atoms with E-state index in [2.05, 4.69) is 31.4 Å². The number of benzene rings is 2. The number of nitrogens with one attached hydrogen (secondary N) is 2. The van der Waals surface area contributed by atoms with Gasteiger partial charge in [-0.05, 0) is 41.7 Å². The molecular weight excluding hydrogens is 382 g/mol. The van der Waals surface area contributed by atoms with Crippen LogP contribution in [0.2, 0.25) is 5.02 Å². The van der Waals surface area contributed by atoms with Crippen LogP contribution in [0, 0.1) is 10.1 Å². The number of carbonyl (C=O) groups excluding carboxylic acids is 1. The van der Waals surface area contributed by atoms with Gasteiger partial charge in [0.15, 0.2) is 0 Å². The lowest BCUT2D eigenvalue weighted by molar-refractivity contribution is -0.384. The molecule has 2 amide bonds. The molecular formula is C20H24ClN3O4. The molecule has 2 N–H and O–H groups in total. The summed E-state index contributed by atoms with van der Waals surface area (Å²) in [5, 5.41) is 16.1. The number of rotatable bonds is 7. The van der Waals surface area contributed by atoms with Crippen molar-refractivity contribution >= 4 is 29.0 Å². The van der Waals surface area contributed by atoms with Crippen LogP contribution in [-0.2, 0) is 5.41 Å². The van der Waals surface area contributed by atoms with Gasteiger partial charge in [-0.3, -0.25) is 10.1 Å². The van der Waals surface area contributed by atoms with E-state index in [1.54, 1.807) is 0 Å². The van der Waals surface area contributed by atoms with Gasteiger partial charge in [-0.25, -0.2) is 4.79 Å². The highest BCUT2D eigenvalue weighted by Crippen LogP contribution is 2.27. The number of hydrogen-bond acceptors (Lipinski definition) is 4. The number of nitro groups is 1. The molecule has 0 unspecified atom stereocenters. The lowest BCUT2D eigenvalue weighted by Crippen LogP contribution is -2.30. The van der Waals surface area contributed by atoms with Gasteiger partial charge in [0, 0.05) is 18.3 Å². The van der Waals surface area contributed by atoms with Crippen molar-refractivity contribution in [3.8, 4) is 5.75 Å². The van der Waals surface area contributed by atoms with Crippen LogP contribution in [0.1, 0.15) is 32.8 Å². The first-order valence-electron chi connectivity index (χ1n) is 8.89. The van der Waals surface area contributed by atoms with Crippen LogP contribution in [0.25, 0.3) is 0 Å². The predicted molar refractivity (Wildman–Crippen MR) is 110 cm³/mol. The molecule has 8 heteroatoms. The fourth-order valence-corrected chi connectivity index (χ4v) is 2.61. The summed E-state index contributed by atoms with van der Waals surface area (Å²) >= 11 is 5.74. The monoisotopic (exact) mass is 405 g/mol. The zero-order valence-electron chi connectivity index (χ0n) is 16.1. The molecule has 28 heavy (non-hydrogen) atoms. The van der Waals surface area contributed by atoms with Gasteiger partial charge >= 0.3 is 6.03 Å². The zero-order chi connectivity index (χ0) is 20.7. The Balaban J connectivity index is 1.71. The summed E-state index contributed by atoms with van der Waals surface area (Å²) in [6.45, 7) is 7.33. The maximum absolute atomic E-state index is 11.9. The maximum atomic E-state index is 11.9. The van der Waals surface area contributed by atoms with Crippen LogP contribution in [0.3, 0.4) is 0 Å². The van der Waals surface area contributed by atoms with Gasteiger partial charge in [0.25, 0.3) is 5.69 Å². The Morgan fingerprint density at radius 2 is 1.86 bits per heavy atom. The lowest BCUT2D eigenvalue weighted by Gasteiger charge is -2.19. The number of hydrogen-bond donors (Lipinski definition) is 2. The Morgan fingerprint density at radius 3 is 2.46 bits per heavy atom. The highest BCUT2D eigenvalue weighted by Gasteiger charge is 2.14. The Morgan fingerprint density at radius 1 is 1.18 bits per heavy atom. The number of urea groups is 1. The van der Waals surface area contributed by atoms with E-state index < -0.39 is 11.0 Å². The average molecular weight is 406 g/mol. The Labute approximate surface area is 169 Å². The van der Waals surface area contributed by atoms with E-state index in [4.69, 9.17) is 16.3 Å². The van der Waals surface area contributed by atoms with E-state index >= 15 is 0 Å². The summed E-state index contributed by atoms with van der Waals surface area (Å²) in [5.41, 5.74) is 1.37. The Bertz CT molecular complexity index is 832. The average Bonchev–Trinajstić information content (AvgIpc) is 2.62. The smallest absolute Gasteiger partial charge is 0.319 e.